The minimum Gasteiger partial charge on any atom is -0.465 e. The Morgan fingerprint density at radius 2 is 2.15 bits per heavy atom. The summed E-state index contributed by atoms with van der Waals surface area (Å²) in [5.41, 5.74) is 4.17. The van der Waals surface area contributed by atoms with Gasteiger partial charge in [0, 0.05) is 43.5 Å². The number of hydrogen-bond acceptors (Lipinski definition) is 4. The van der Waals surface area contributed by atoms with E-state index in [4.69, 9.17) is 23.2 Å². The quantitative estimate of drug-likeness (QED) is 0.358. The fourth-order valence-electron chi connectivity index (χ4n) is 3.08. The first-order valence-electron chi connectivity index (χ1n) is 8.14. The standard InChI is InChI=1S/C16H23F2N5O2S/c1-9-7-22(3-4-23(9)16(24)25)8-12-5-11(14(17)18)6-13(10(12)2)20-15(26)21-19/h5-6,9,14H,3-4,7-8,19H2,1-2H3,(H,24,25)(H2,20,21,26)/t9-/m0/s1. The van der Waals surface area contributed by atoms with E-state index >= 15 is 0 Å². The third-order valence-electron chi connectivity index (χ3n) is 4.52. The second-order valence-corrected chi connectivity index (χ2v) is 6.72. The number of nitrogens with two attached hydrogens (primary N) is 1. The van der Waals surface area contributed by atoms with Crippen LogP contribution in [0.3, 0.4) is 0 Å². The molecule has 0 radical (unpaired) electrons. The summed E-state index contributed by atoms with van der Waals surface area (Å²) in [5.74, 6) is 5.25. The third kappa shape index (κ3) is 4.77. The normalized spacial score (nSPS) is 18.1. The number of hydrogen-bond donors (Lipinski definition) is 4. The van der Waals surface area contributed by atoms with Crippen molar-refractivity contribution >= 4 is 29.1 Å². The molecule has 0 aliphatic carbocycles. The molecule has 1 atom stereocenters. The number of anilines is 1. The van der Waals surface area contributed by atoms with Gasteiger partial charge in [-0.1, -0.05) is 0 Å². The van der Waals surface area contributed by atoms with Crippen molar-refractivity contribution in [2.75, 3.05) is 25.0 Å². The molecular weight excluding hydrogens is 364 g/mol. The van der Waals surface area contributed by atoms with Gasteiger partial charge in [0.2, 0.25) is 0 Å². The van der Waals surface area contributed by atoms with Crippen molar-refractivity contribution in [3.63, 3.8) is 0 Å². The van der Waals surface area contributed by atoms with Gasteiger partial charge in [-0.25, -0.2) is 19.4 Å². The molecule has 1 heterocycles. The SMILES string of the molecule is Cc1c(CN2CCN(C(=O)O)[C@@H](C)C2)cc(C(F)F)cc1NC(=S)NN. The average Bonchev–Trinajstić information content (AvgIpc) is 2.57. The lowest BCUT2D eigenvalue weighted by Crippen LogP contribution is -2.53. The highest BCUT2D eigenvalue weighted by molar-refractivity contribution is 7.80. The number of amides is 1. The topological polar surface area (TPSA) is 93.9 Å². The van der Waals surface area contributed by atoms with Crippen LogP contribution in [0.15, 0.2) is 12.1 Å². The maximum atomic E-state index is 13.3. The van der Waals surface area contributed by atoms with Gasteiger partial charge < -0.3 is 20.7 Å². The highest BCUT2D eigenvalue weighted by Gasteiger charge is 2.27. The van der Waals surface area contributed by atoms with Crippen LogP contribution in [0.2, 0.25) is 0 Å². The van der Waals surface area contributed by atoms with Gasteiger partial charge in [0.25, 0.3) is 6.43 Å². The van der Waals surface area contributed by atoms with Crippen molar-refractivity contribution in [1.29, 1.82) is 0 Å². The highest BCUT2D eigenvalue weighted by Crippen LogP contribution is 2.29. The number of nitrogens with one attached hydrogen (secondary N) is 2. The molecule has 1 aliphatic heterocycles. The lowest BCUT2D eigenvalue weighted by Gasteiger charge is -2.38. The van der Waals surface area contributed by atoms with Crippen molar-refractivity contribution in [2.45, 2.75) is 32.9 Å². The van der Waals surface area contributed by atoms with E-state index in [2.05, 4.69) is 15.6 Å². The number of alkyl halides is 2. The van der Waals surface area contributed by atoms with E-state index in [0.717, 1.165) is 11.1 Å². The first kappa shape index (κ1) is 20.3. The van der Waals surface area contributed by atoms with E-state index in [1.807, 2.05) is 13.8 Å². The number of carbonyl (C=O) groups is 1. The Labute approximate surface area is 156 Å². The van der Waals surface area contributed by atoms with Gasteiger partial charge in [-0.05, 0) is 49.3 Å². The van der Waals surface area contributed by atoms with Crippen molar-refractivity contribution < 1.29 is 18.7 Å². The van der Waals surface area contributed by atoms with Crippen LogP contribution in [-0.4, -0.2) is 51.8 Å². The highest BCUT2D eigenvalue weighted by atomic mass is 32.1. The molecule has 144 valence electrons. The maximum absolute atomic E-state index is 13.3. The second-order valence-electron chi connectivity index (χ2n) is 6.31. The van der Waals surface area contributed by atoms with Crippen molar-refractivity contribution in [3.05, 3.63) is 28.8 Å². The number of rotatable bonds is 4. The van der Waals surface area contributed by atoms with Gasteiger partial charge >= 0.3 is 6.09 Å². The van der Waals surface area contributed by atoms with Crippen LogP contribution in [0.4, 0.5) is 19.3 Å². The van der Waals surface area contributed by atoms with Crippen LogP contribution in [0.25, 0.3) is 0 Å². The molecular formula is C16H23F2N5O2S. The first-order valence-corrected chi connectivity index (χ1v) is 8.54. The van der Waals surface area contributed by atoms with Crippen molar-refractivity contribution in [1.82, 2.24) is 15.2 Å². The summed E-state index contributed by atoms with van der Waals surface area (Å²) in [6, 6.07) is 2.68. The first-order chi connectivity index (χ1) is 12.2. The molecule has 1 fully saturated rings. The molecule has 0 bridgehead atoms. The molecule has 10 heteroatoms. The van der Waals surface area contributed by atoms with Gasteiger partial charge in [0.1, 0.15) is 0 Å². The molecule has 1 aromatic rings. The minimum atomic E-state index is -2.61. The number of hydrazine groups is 1. The van der Waals surface area contributed by atoms with Crippen molar-refractivity contribution in [3.8, 4) is 0 Å². The number of halogens is 2. The Hall–Kier alpha value is -2.04. The average molecular weight is 387 g/mol. The summed E-state index contributed by atoms with van der Waals surface area (Å²) in [6.45, 7) is 5.57. The summed E-state index contributed by atoms with van der Waals surface area (Å²) in [5, 5.41) is 12.1. The summed E-state index contributed by atoms with van der Waals surface area (Å²) in [4.78, 5) is 14.6. The van der Waals surface area contributed by atoms with E-state index in [-0.39, 0.29) is 16.7 Å². The van der Waals surface area contributed by atoms with Crippen LogP contribution in [0, 0.1) is 6.92 Å². The lowest BCUT2D eigenvalue weighted by atomic mass is 10.0. The van der Waals surface area contributed by atoms with E-state index in [9.17, 15) is 13.6 Å². The van der Waals surface area contributed by atoms with Gasteiger partial charge in [0.05, 0.1) is 0 Å². The predicted octanol–water partition coefficient (Wildman–Crippen LogP) is 2.28. The summed E-state index contributed by atoms with van der Waals surface area (Å²) >= 11 is 4.96. The smallest absolute Gasteiger partial charge is 0.407 e. The molecule has 2 rings (SSSR count). The van der Waals surface area contributed by atoms with Gasteiger partial charge in [0.15, 0.2) is 5.11 Å². The fraction of sp³-hybridized carbons (Fsp3) is 0.500. The lowest BCUT2D eigenvalue weighted by molar-refractivity contribution is 0.0709. The van der Waals surface area contributed by atoms with Crippen LogP contribution in [0.5, 0.6) is 0 Å². The number of nitrogens with zero attached hydrogens (tertiary/aromatic N) is 2. The molecule has 7 nitrogen and oxygen atoms in total. The summed E-state index contributed by atoms with van der Waals surface area (Å²) < 4.78 is 26.5. The molecule has 26 heavy (non-hydrogen) atoms. The second kappa shape index (κ2) is 8.56. The van der Waals surface area contributed by atoms with Crippen LogP contribution in [-0.2, 0) is 6.54 Å². The molecule has 0 saturated carbocycles. The number of piperazine rings is 1. The predicted molar refractivity (Wildman–Crippen MR) is 99.1 cm³/mol. The third-order valence-corrected chi connectivity index (χ3v) is 4.74. The van der Waals surface area contributed by atoms with Gasteiger partial charge in [-0.2, -0.15) is 0 Å². The summed E-state index contributed by atoms with van der Waals surface area (Å²) in [7, 11) is 0. The number of benzene rings is 1. The van der Waals surface area contributed by atoms with E-state index in [1.165, 1.54) is 17.0 Å². The molecule has 1 saturated heterocycles. The Morgan fingerprint density at radius 1 is 1.46 bits per heavy atom. The zero-order valence-corrected chi connectivity index (χ0v) is 15.4. The molecule has 0 aromatic heterocycles. The van der Waals surface area contributed by atoms with Crippen LogP contribution < -0.4 is 16.6 Å². The zero-order chi connectivity index (χ0) is 19.4. The number of thiocarbonyl (C=S) groups is 1. The summed E-state index contributed by atoms with van der Waals surface area (Å²) in [6.07, 6.45) is -3.56. The molecule has 0 spiro atoms. The van der Waals surface area contributed by atoms with Gasteiger partial charge in [-0.3, -0.25) is 4.90 Å². The van der Waals surface area contributed by atoms with E-state index < -0.39 is 12.5 Å². The minimum absolute atomic E-state index is 0.106. The van der Waals surface area contributed by atoms with E-state index in [0.29, 0.717) is 31.9 Å². The zero-order valence-electron chi connectivity index (χ0n) is 14.6. The van der Waals surface area contributed by atoms with Gasteiger partial charge in [-0.15, -0.1) is 0 Å². The maximum Gasteiger partial charge on any atom is 0.407 e. The van der Waals surface area contributed by atoms with Crippen LogP contribution in [0.1, 0.15) is 30.0 Å². The molecule has 0 unspecified atom stereocenters. The molecule has 5 N–H and O–H groups in total. The van der Waals surface area contributed by atoms with E-state index in [1.54, 1.807) is 0 Å². The largest absolute Gasteiger partial charge is 0.465 e. The molecule has 1 amide bonds. The Kier molecular flexibility index (Phi) is 6.68. The Bertz CT molecular complexity index is 689. The van der Waals surface area contributed by atoms with Crippen molar-refractivity contribution in [2.24, 2.45) is 5.84 Å². The fourth-order valence-corrected chi connectivity index (χ4v) is 3.19. The monoisotopic (exact) mass is 387 g/mol. The molecule has 1 aliphatic rings. The Morgan fingerprint density at radius 3 is 2.69 bits per heavy atom. The van der Waals surface area contributed by atoms with Crippen LogP contribution >= 0.6 is 12.2 Å². The molecule has 1 aromatic carbocycles. The Balaban J connectivity index is 2.22. The number of carboxylic acid groups (broad SMARTS) is 1.